The predicted octanol–water partition coefficient (Wildman–Crippen LogP) is 4.78. The highest BCUT2D eigenvalue weighted by Crippen LogP contribution is 2.30. The van der Waals surface area contributed by atoms with Crippen LogP contribution < -0.4 is 5.56 Å². The highest BCUT2D eigenvalue weighted by Gasteiger charge is 2.17. The van der Waals surface area contributed by atoms with Crippen molar-refractivity contribution in [2.45, 2.75) is 0 Å². The second-order valence-electron chi connectivity index (χ2n) is 4.43. The summed E-state index contributed by atoms with van der Waals surface area (Å²) in [6, 6.07) is 8.25. The molecule has 0 amide bonds. The minimum absolute atomic E-state index is 0.00401. The van der Waals surface area contributed by atoms with Gasteiger partial charge in [-0.1, -0.05) is 35.3 Å². The summed E-state index contributed by atoms with van der Waals surface area (Å²) >= 11 is 11.7. The van der Waals surface area contributed by atoms with Crippen LogP contribution in [-0.4, -0.2) is 4.98 Å². The lowest BCUT2D eigenvalue weighted by Gasteiger charge is -2.07. The molecule has 6 heteroatoms. The van der Waals surface area contributed by atoms with Crippen LogP contribution in [0.15, 0.2) is 41.2 Å². The number of fused-ring (bicyclic) bond motifs is 1. The van der Waals surface area contributed by atoms with E-state index >= 15 is 0 Å². The fourth-order valence-corrected chi connectivity index (χ4v) is 2.45. The van der Waals surface area contributed by atoms with E-state index in [4.69, 9.17) is 23.2 Å². The first kappa shape index (κ1) is 14.0. The number of halogens is 4. The van der Waals surface area contributed by atoms with Crippen LogP contribution in [0.5, 0.6) is 0 Å². The first-order chi connectivity index (χ1) is 9.99. The molecule has 2 aromatic carbocycles. The molecular weight excluding hydrogens is 319 g/mol. The van der Waals surface area contributed by atoms with Crippen molar-refractivity contribution in [1.82, 2.24) is 4.98 Å². The van der Waals surface area contributed by atoms with Crippen molar-refractivity contribution >= 4 is 34.1 Å². The van der Waals surface area contributed by atoms with E-state index in [1.807, 2.05) is 0 Å². The van der Waals surface area contributed by atoms with Crippen LogP contribution in [0.2, 0.25) is 10.0 Å². The zero-order valence-electron chi connectivity index (χ0n) is 10.4. The molecule has 1 heterocycles. The van der Waals surface area contributed by atoms with E-state index in [0.717, 1.165) is 6.07 Å². The normalized spacial score (nSPS) is 11.0. The maximum absolute atomic E-state index is 14.6. The van der Waals surface area contributed by atoms with Crippen LogP contribution in [0.3, 0.4) is 0 Å². The summed E-state index contributed by atoms with van der Waals surface area (Å²) in [4.78, 5) is 14.4. The minimum atomic E-state index is -0.799. The molecule has 0 aliphatic rings. The van der Waals surface area contributed by atoms with Gasteiger partial charge >= 0.3 is 0 Å². The van der Waals surface area contributed by atoms with E-state index in [9.17, 15) is 13.6 Å². The van der Waals surface area contributed by atoms with Gasteiger partial charge in [0.05, 0.1) is 21.1 Å². The Hall–Kier alpha value is -1.91. The Morgan fingerprint density at radius 3 is 2.48 bits per heavy atom. The molecule has 0 aliphatic carbocycles. The molecular formula is C15H7Cl2F2NO. The van der Waals surface area contributed by atoms with Crippen molar-refractivity contribution in [3.05, 3.63) is 68.4 Å². The standard InChI is InChI=1S/C15H7Cl2F2NO/c16-9-5-4-7(6-10(9)17)12-13(19)8-2-1-3-11(18)14(8)20-15(12)21/h1-6H,(H,20,21). The van der Waals surface area contributed by atoms with Gasteiger partial charge in [-0.15, -0.1) is 0 Å². The third kappa shape index (κ3) is 2.30. The smallest absolute Gasteiger partial charge is 0.259 e. The third-order valence-corrected chi connectivity index (χ3v) is 3.88. The van der Waals surface area contributed by atoms with Crippen molar-refractivity contribution in [2.24, 2.45) is 0 Å². The minimum Gasteiger partial charge on any atom is -0.319 e. The van der Waals surface area contributed by atoms with E-state index in [1.54, 1.807) is 0 Å². The molecule has 21 heavy (non-hydrogen) atoms. The van der Waals surface area contributed by atoms with E-state index < -0.39 is 17.2 Å². The third-order valence-electron chi connectivity index (χ3n) is 3.14. The van der Waals surface area contributed by atoms with Gasteiger partial charge in [-0.3, -0.25) is 4.79 Å². The average Bonchev–Trinajstić information content (AvgIpc) is 2.44. The number of rotatable bonds is 1. The number of nitrogens with one attached hydrogen (secondary N) is 1. The van der Waals surface area contributed by atoms with Crippen LogP contribution in [0.1, 0.15) is 0 Å². The van der Waals surface area contributed by atoms with Gasteiger partial charge in [0.1, 0.15) is 11.6 Å². The number of benzene rings is 2. The molecule has 106 valence electrons. The quantitative estimate of drug-likeness (QED) is 0.686. The molecule has 0 atom stereocenters. The van der Waals surface area contributed by atoms with Crippen molar-refractivity contribution in [3.8, 4) is 11.1 Å². The fourth-order valence-electron chi connectivity index (χ4n) is 2.15. The first-order valence-corrected chi connectivity index (χ1v) is 6.70. The van der Waals surface area contributed by atoms with Crippen molar-refractivity contribution in [1.29, 1.82) is 0 Å². The number of hydrogen-bond donors (Lipinski definition) is 1. The van der Waals surface area contributed by atoms with Crippen molar-refractivity contribution < 1.29 is 8.78 Å². The molecule has 3 rings (SSSR count). The molecule has 0 saturated heterocycles. The van der Waals surface area contributed by atoms with Gasteiger partial charge in [-0.2, -0.15) is 0 Å². The maximum Gasteiger partial charge on any atom is 0.259 e. The van der Waals surface area contributed by atoms with Crippen LogP contribution in [-0.2, 0) is 0 Å². The lowest BCUT2D eigenvalue weighted by molar-refractivity contribution is 0.625. The highest BCUT2D eigenvalue weighted by molar-refractivity contribution is 6.42. The number of aromatic nitrogens is 1. The Bertz CT molecular complexity index is 921. The summed E-state index contributed by atoms with van der Waals surface area (Å²) in [5.74, 6) is -1.49. The summed E-state index contributed by atoms with van der Waals surface area (Å²) in [7, 11) is 0. The van der Waals surface area contributed by atoms with E-state index in [-0.39, 0.29) is 27.1 Å². The summed E-state index contributed by atoms with van der Waals surface area (Å²) < 4.78 is 28.2. The number of aromatic amines is 1. The molecule has 0 unspecified atom stereocenters. The van der Waals surface area contributed by atoms with Crippen LogP contribution >= 0.6 is 23.2 Å². The molecule has 0 aliphatic heterocycles. The SMILES string of the molecule is O=c1[nH]c2c(F)cccc2c(F)c1-c1ccc(Cl)c(Cl)c1. The van der Waals surface area contributed by atoms with E-state index in [0.29, 0.717) is 5.02 Å². The van der Waals surface area contributed by atoms with Gasteiger partial charge in [-0.05, 0) is 29.8 Å². The molecule has 0 spiro atoms. The van der Waals surface area contributed by atoms with Crippen LogP contribution in [0, 0.1) is 11.6 Å². The topological polar surface area (TPSA) is 32.9 Å². The number of hydrogen-bond acceptors (Lipinski definition) is 1. The fraction of sp³-hybridized carbons (Fsp3) is 0. The second kappa shape index (κ2) is 5.13. The summed E-state index contributed by atoms with van der Waals surface area (Å²) in [6.45, 7) is 0. The maximum atomic E-state index is 14.6. The molecule has 1 N–H and O–H groups in total. The molecule has 2 nitrogen and oxygen atoms in total. The highest BCUT2D eigenvalue weighted by atomic mass is 35.5. The summed E-state index contributed by atoms with van der Waals surface area (Å²) in [5, 5.41) is 0.493. The van der Waals surface area contributed by atoms with Crippen LogP contribution in [0.4, 0.5) is 8.78 Å². The van der Waals surface area contributed by atoms with Gasteiger partial charge in [0.2, 0.25) is 0 Å². The molecule has 3 aromatic rings. The zero-order valence-corrected chi connectivity index (χ0v) is 11.9. The van der Waals surface area contributed by atoms with Gasteiger partial charge in [0.25, 0.3) is 5.56 Å². The average molecular weight is 326 g/mol. The first-order valence-electron chi connectivity index (χ1n) is 5.94. The Labute approximate surface area is 127 Å². The molecule has 0 fully saturated rings. The molecule has 0 saturated carbocycles. The Morgan fingerprint density at radius 1 is 1.00 bits per heavy atom. The lowest BCUT2D eigenvalue weighted by atomic mass is 10.0. The summed E-state index contributed by atoms with van der Waals surface area (Å²) in [6.07, 6.45) is 0. The largest absolute Gasteiger partial charge is 0.319 e. The number of para-hydroxylation sites is 1. The zero-order chi connectivity index (χ0) is 15.1. The molecule has 0 bridgehead atoms. The summed E-state index contributed by atoms with van der Waals surface area (Å²) in [5.41, 5.74) is -0.826. The van der Waals surface area contributed by atoms with Gasteiger partial charge in [0, 0.05) is 5.39 Å². The van der Waals surface area contributed by atoms with Crippen molar-refractivity contribution in [3.63, 3.8) is 0 Å². The lowest BCUT2D eigenvalue weighted by Crippen LogP contribution is -2.12. The van der Waals surface area contributed by atoms with E-state index in [1.165, 1.54) is 30.3 Å². The number of H-pyrrole nitrogens is 1. The van der Waals surface area contributed by atoms with Gasteiger partial charge in [-0.25, -0.2) is 8.78 Å². The van der Waals surface area contributed by atoms with Gasteiger partial charge in [0.15, 0.2) is 0 Å². The van der Waals surface area contributed by atoms with Crippen LogP contribution in [0.25, 0.3) is 22.0 Å². The van der Waals surface area contributed by atoms with Crippen molar-refractivity contribution in [2.75, 3.05) is 0 Å². The van der Waals surface area contributed by atoms with Gasteiger partial charge < -0.3 is 4.98 Å². The van der Waals surface area contributed by atoms with E-state index in [2.05, 4.69) is 4.98 Å². The number of pyridine rings is 1. The second-order valence-corrected chi connectivity index (χ2v) is 5.25. The predicted molar refractivity (Wildman–Crippen MR) is 79.9 cm³/mol. The monoisotopic (exact) mass is 325 g/mol. The Balaban J connectivity index is 2.38. The Morgan fingerprint density at radius 2 is 1.76 bits per heavy atom. The molecule has 1 aromatic heterocycles. The molecule has 0 radical (unpaired) electrons. The Kier molecular flexibility index (Phi) is 3.43.